The molecular weight excluding hydrogens is 276 g/mol. The molecule has 0 aromatic carbocycles. The van der Waals surface area contributed by atoms with E-state index < -0.39 is 10.2 Å². The highest BCUT2D eigenvalue weighted by Gasteiger charge is 2.38. The number of hydrogen-bond acceptors (Lipinski definition) is 3. The summed E-state index contributed by atoms with van der Waals surface area (Å²) in [7, 11) is -1.59. The molecule has 0 aromatic heterocycles. The lowest BCUT2D eigenvalue weighted by Crippen LogP contribution is -2.48. The maximum atomic E-state index is 12.8. The fourth-order valence-corrected chi connectivity index (χ4v) is 5.39. The third kappa shape index (κ3) is 3.53. The Kier molecular flexibility index (Phi) is 5.84. The predicted octanol–water partition coefficient (Wildman–Crippen LogP) is 1.73. The molecule has 1 aliphatic heterocycles. The Balaban J connectivity index is 2.03. The topological polar surface area (TPSA) is 60.9 Å². The van der Waals surface area contributed by atoms with E-state index in [0.717, 1.165) is 44.9 Å². The van der Waals surface area contributed by atoms with Gasteiger partial charge in [0, 0.05) is 32.3 Å². The Labute approximate surface area is 123 Å². The van der Waals surface area contributed by atoms with Crippen LogP contribution in [0, 0.1) is 0 Å². The van der Waals surface area contributed by atoms with E-state index in [0.29, 0.717) is 13.0 Å². The number of rotatable bonds is 6. The zero-order valence-electron chi connectivity index (χ0n) is 12.5. The summed E-state index contributed by atoms with van der Waals surface area (Å²) in [5.74, 6) is 0. The quantitative estimate of drug-likeness (QED) is 0.813. The maximum absolute atomic E-state index is 12.8. The van der Waals surface area contributed by atoms with Crippen LogP contribution >= 0.6 is 0 Å². The molecule has 2 rings (SSSR count). The second-order valence-corrected chi connectivity index (χ2v) is 8.03. The van der Waals surface area contributed by atoms with Crippen molar-refractivity contribution < 1.29 is 13.5 Å². The fourth-order valence-electron chi connectivity index (χ4n) is 3.53. The molecule has 0 aromatic rings. The van der Waals surface area contributed by atoms with Crippen LogP contribution in [0.2, 0.25) is 0 Å². The highest BCUT2D eigenvalue weighted by Crippen LogP contribution is 2.30. The van der Waals surface area contributed by atoms with Crippen molar-refractivity contribution in [1.29, 1.82) is 0 Å². The summed E-state index contributed by atoms with van der Waals surface area (Å²) in [6.07, 6.45) is 8.81. The summed E-state index contributed by atoms with van der Waals surface area (Å²) in [6.45, 7) is 0.776. The van der Waals surface area contributed by atoms with Crippen LogP contribution in [0.15, 0.2) is 0 Å². The Bertz CT molecular complexity index is 393. The zero-order chi connectivity index (χ0) is 14.6. The highest BCUT2D eigenvalue weighted by atomic mass is 32.2. The minimum Gasteiger partial charge on any atom is -0.396 e. The monoisotopic (exact) mass is 304 g/mol. The van der Waals surface area contributed by atoms with Gasteiger partial charge >= 0.3 is 0 Å². The molecule has 0 spiro atoms. The van der Waals surface area contributed by atoms with Crippen molar-refractivity contribution in [3.63, 3.8) is 0 Å². The lowest BCUT2D eigenvalue weighted by Gasteiger charge is -2.35. The van der Waals surface area contributed by atoms with Crippen molar-refractivity contribution in [1.82, 2.24) is 8.61 Å². The van der Waals surface area contributed by atoms with Gasteiger partial charge in [0.1, 0.15) is 0 Å². The number of aliphatic hydroxyl groups is 1. The van der Waals surface area contributed by atoms with Gasteiger partial charge in [-0.2, -0.15) is 17.0 Å². The molecule has 0 bridgehead atoms. The Morgan fingerprint density at radius 2 is 1.85 bits per heavy atom. The molecule has 1 N–H and O–H groups in total. The standard InChI is InChI=1S/C14H28N2O3S/c1-15(13-7-3-2-4-8-13)20(18,19)16-11-5-9-14(16)10-6-12-17/h13-14,17H,2-12H2,1H3. The average molecular weight is 304 g/mol. The van der Waals surface area contributed by atoms with Crippen molar-refractivity contribution >= 4 is 10.2 Å². The molecule has 1 aliphatic carbocycles. The van der Waals surface area contributed by atoms with Gasteiger partial charge in [-0.25, -0.2) is 0 Å². The molecule has 20 heavy (non-hydrogen) atoms. The van der Waals surface area contributed by atoms with Crippen LogP contribution in [0.3, 0.4) is 0 Å². The lowest BCUT2D eigenvalue weighted by atomic mass is 9.96. The molecule has 5 nitrogen and oxygen atoms in total. The molecule has 118 valence electrons. The molecule has 1 heterocycles. The lowest BCUT2D eigenvalue weighted by molar-refractivity contribution is 0.242. The molecule has 0 radical (unpaired) electrons. The summed E-state index contributed by atoms with van der Waals surface area (Å²) in [5.41, 5.74) is 0. The molecule has 1 atom stereocenters. The van der Waals surface area contributed by atoms with Crippen LogP contribution in [0.4, 0.5) is 0 Å². The fraction of sp³-hybridized carbons (Fsp3) is 1.00. The Hall–Kier alpha value is -0.170. The van der Waals surface area contributed by atoms with Crippen LogP contribution in [0.5, 0.6) is 0 Å². The minimum atomic E-state index is -3.33. The molecule has 6 heteroatoms. The third-order valence-electron chi connectivity index (χ3n) is 4.77. The SMILES string of the molecule is CN(C1CCCCC1)S(=O)(=O)N1CCCC1CCCO. The van der Waals surface area contributed by atoms with Gasteiger partial charge in [-0.15, -0.1) is 0 Å². The first kappa shape index (κ1) is 16.2. The molecular formula is C14H28N2O3S. The number of aliphatic hydroxyl groups excluding tert-OH is 1. The van der Waals surface area contributed by atoms with Crippen molar-refractivity contribution in [2.24, 2.45) is 0 Å². The van der Waals surface area contributed by atoms with Gasteiger partial charge in [0.25, 0.3) is 10.2 Å². The van der Waals surface area contributed by atoms with Crippen molar-refractivity contribution in [3.8, 4) is 0 Å². The van der Waals surface area contributed by atoms with Crippen LogP contribution in [0.25, 0.3) is 0 Å². The Morgan fingerprint density at radius 3 is 2.50 bits per heavy atom. The van der Waals surface area contributed by atoms with Crippen LogP contribution in [-0.4, -0.2) is 54.4 Å². The molecule has 2 fully saturated rings. The van der Waals surface area contributed by atoms with Gasteiger partial charge in [-0.05, 0) is 38.5 Å². The van der Waals surface area contributed by atoms with Crippen LogP contribution in [-0.2, 0) is 10.2 Å². The number of hydrogen-bond donors (Lipinski definition) is 1. The molecule has 1 saturated heterocycles. The van der Waals surface area contributed by atoms with Gasteiger partial charge in [-0.1, -0.05) is 19.3 Å². The molecule has 1 unspecified atom stereocenters. The van der Waals surface area contributed by atoms with Crippen molar-refractivity contribution in [2.75, 3.05) is 20.2 Å². The van der Waals surface area contributed by atoms with E-state index in [2.05, 4.69) is 0 Å². The predicted molar refractivity (Wildman–Crippen MR) is 79.6 cm³/mol. The summed E-state index contributed by atoms with van der Waals surface area (Å²) in [4.78, 5) is 0. The summed E-state index contributed by atoms with van der Waals surface area (Å²) < 4.78 is 28.9. The van der Waals surface area contributed by atoms with Gasteiger partial charge in [0.2, 0.25) is 0 Å². The first-order valence-corrected chi connectivity index (χ1v) is 9.32. The van der Waals surface area contributed by atoms with E-state index in [1.807, 2.05) is 0 Å². The minimum absolute atomic E-state index is 0.0817. The Morgan fingerprint density at radius 1 is 1.15 bits per heavy atom. The van der Waals surface area contributed by atoms with E-state index in [1.165, 1.54) is 6.42 Å². The van der Waals surface area contributed by atoms with Gasteiger partial charge < -0.3 is 5.11 Å². The largest absolute Gasteiger partial charge is 0.396 e. The number of nitrogens with zero attached hydrogens (tertiary/aromatic N) is 2. The van der Waals surface area contributed by atoms with Crippen LogP contribution in [0.1, 0.15) is 57.8 Å². The molecule has 1 saturated carbocycles. The maximum Gasteiger partial charge on any atom is 0.282 e. The summed E-state index contributed by atoms with van der Waals surface area (Å²) >= 11 is 0. The molecule has 2 aliphatic rings. The first-order chi connectivity index (χ1) is 9.57. The highest BCUT2D eigenvalue weighted by molar-refractivity contribution is 7.86. The summed E-state index contributed by atoms with van der Waals surface area (Å²) in [5, 5.41) is 8.95. The smallest absolute Gasteiger partial charge is 0.282 e. The third-order valence-corrected chi connectivity index (χ3v) is 6.87. The van der Waals surface area contributed by atoms with E-state index >= 15 is 0 Å². The van der Waals surface area contributed by atoms with E-state index in [4.69, 9.17) is 5.11 Å². The van der Waals surface area contributed by atoms with Gasteiger partial charge in [0.15, 0.2) is 0 Å². The average Bonchev–Trinajstić information content (AvgIpc) is 2.94. The first-order valence-electron chi connectivity index (χ1n) is 7.93. The van der Waals surface area contributed by atoms with Gasteiger partial charge in [0.05, 0.1) is 0 Å². The second kappa shape index (κ2) is 7.20. The second-order valence-electron chi connectivity index (χ2n) is 6.09. The normalized spacial score (nSPS) is 26.4. The summed E-state index contributed by atoms with van der Waals surface area (Å²) in [6, 6.07) is 0.256. The van der Waals surface area contributed by atoms with Crippen molar-refractivity contribution in [2.45, 2.75) is 69.9 Å². The van der Waals surface area contributed by atoms with Crippen LogP contribution < -0.4 is 0 Å². The van der Waals surface area contributed by atoms with Crippen molar-refractivity contribution in [3.05, 3.63) is 0 Å². The van der Waals surface area contributed by atoms with Gasteiger partial charge in [-0.3, -0.25) is 0 Å². The van der Waals surface area contributed by atoms with E-state index in [1.54, 1.807) is 15.7 Å². The van der Waals surface area contributed by atoms with E-state index in [9.17, 15) is 8.42 Å². The molecule has 0 amide bonds. The van der Waals surface area contributed by atoms with E-state index in [-0.39, 0.29) is 18.7 Å². The zero-order valence-corrected chi connectivity index (χ0v) is 13.3.